The van der Waals surface area contributed by atoms with Crippen LogP contribution in [0.5, 0.6) is 0 Å². The van der Waals surface area contributed by atoms with Crippen molar-refractivity contribution in [3.05, 3.63) is 118 Å². The summed E-state index contributed by atoms with van der Waals surface area (Å²) in [6, 6.07) is 35.2. The lowest BCUT2D eigenvalue weighted by Crippen LogP contribution is -2.80. The van der Waals surface area contributed by atoms with Crippen molar-refractivity contribution in [3.8, 4) is 11.1 Å². The second kappa shape index (κ2) is 7.82. The molecule has 0 saturated carbocycles. The standard InChI is InChI=1S/C38H39BSi2/c1-37(2)27-19-13-12-18-26(27)32-33(37)35-36(38(32,3)4)41(7,8)31-23-25(24-16-10-9-11-17-24)22-30-34(31)39(35)28-20-14-15-21-29(28)40(30,5)6/h9-23H,1-8H3. The zero-order valence-electron chi connectivity index (χ0n) is 25.7. The lowest BCUT2D eigenvalue weighted by atomic mass is 9.34. The fourth-order valence-electron chi connectivity index (χ4n) is 9.79. The molecule has 3 heteroatoms. The number of allylic oxidation sites excluding steroid dienone is 4. The van der Waals surface area contributed by atoms with Crippen LogP contribution in [0.15, 0.2) is 107 Å². The molecule has 4 aromatic carbocycles. The van der Waals surface area contributed by atoms with Crippen LogP contribution in [0.25, 0.3) is 16.7 Å². The van der Waals surface area contributed by atoms with E-state index in [-0.39, 0.29) is 10.8 Å². The van der Waals surface area contributed by atoms with Gasteiger partial charge in [0.15, 0.2) is 0 Å². The fourth-order valence-corrected chi connectivity index (χ4v) is 17.5. The molecule has 4 aliphatic rings. The smallest absolute Gasteiger partial charge is 0.0705 e. The summed E-state index contributed by atoms with van der Waals surface area (Å²) in [5, 5.41) is 6.77. The van der Waals surface area contributed by atoms with E-state index in [4.69, 9.17) is 0 Å². The van der Waals surface area contributed by atoms with Crippen LogP contribution in [0.1, 0.15) is 38.8 Å². The lowest BCUT2D eigenvalue weighted by molar-refractivity contribution is 0.637. The number of rotatable bonds is 1. The maximum Gasteiger partial charge on any atom is 0.240 e. The van der Waals surface area contributed by atoms with E-state index in [1.807, 2.05) is 0 Å². The maximum absolute atomic E-state index is 2.67. The van der Waals surface area contributed by atoms with Crippen molar-refractivity contribution in [1.82, 2.24) is 0 Å². The van der Waals surface area contributed by atoms with Crippen molar-refractivity contribution < 1.29 is 0 Å². The Morgan fingerprint density at radius 1 is 0.561 bits per heavy atom. The number of hydrogen-bond donors (Lipinski definition) is 0. The lowest BCUT2D eigenvalue weighted by Gasteiger charge is -2.49. The molecule has 2 aliphatic carbocycles. The zero-order chi connectivity index (χ0) is 28.7. The van der Waals surface area contributed by atoms with E-state index in [0.29, 0.717) is 6.71 Å². The van der Waals surface area contributed by atoms with Gasteiger partial charge < -0.3 is 0 Å². The highest BCUT2D eigenvalue weighted by atomic mass is 28.3. The van der Waals surface area contributed by atoms with Crippen molar-refractivity contribution in [2.75, 3.05) is 0 Å². The van der Waals surface area contributed by atoms with Crippen LogP contribution >= 0.6 is 0 Å². The molecule has 202 valence electrons. The third kappa shape index (κ3) is 2.97. The molecule has 0 spiro atoms. The summed E-state index contributed by atoms with van der Waals surface area (Å²) in [6.45, 7) is 21.0. The Morgan fingerprint density at radius 3 is 1.90 bits per heavy atom. The first kappa shape index (κ1) is 25.6. The van der Waals surface area contributed by atoms with E-state index in [9.17, 15) is 0 Å². The Bertz CT molecular complexity index is 1880. The fraction of sp³-hybridized carbons (Fsp3) is 0.263. The second-order valence-corrected chi connectivity index (χ2v) is 23.6. The Morgan fingerprint density at radius 2 is 1.17 bits per heavy atom. The molecule has 0 unspecified atom stereocenters. The largest absolute Gasteiger partial charge is 0.240 e. The van der Waals surface area contributed by atoms with Gasteiger partial charge in [-0.3, -0.25) is 0 Å². The van der Waals surface area contributed by atoms with Gasteiger partial charge in [0, 0.05) is 10.8 Å². The van der Waals surface area contributed by atoms with Crippen LogP contribution < -0.4 is 26.5 Å². The molecule has 0 aromatic heterocycles. The summed E-state index contributed by atoms with van der Waals surface area (Å²) >= 11 is 0. The summed E-state index contributed by atoms with van der Waals surface area (Å²) in [6.07, 6.45) is 0. The molecular weight excluding hydrogens is 523 g/mol. The molecule has 0 nitrogen and oxygen atoms in total. The molecule has 0 N–H and O–H groups in total. The van der Waals surface area contributed by atoms with Crippen molar-refractivity contribution >= 4 is 54.9 Å². The summed E-state index contributed by atoms with van der Waals surface area (Å²) in [4.78, 5) is 0. The average Bonchev–Trinajstić information content (AvgIpc) is 3.35. The summed E-state index contributed by atoms with van der Waals surface area (Å²) < 4.78 is 0. The average molecular weight is 563 g/mol. The number of benzene rings is 4. The van der Waals surface area contributed by atoms with E-state index < -0.39 is 16.1 Å². The molecule has 0 radical (unpaired) electrons. The first-order valence-corrected chi connectivity index (χ1v) is 21.3. The Hall–Kier alpha value is -3.14. The predicted octanol–water partition coefficient (Wildman–Crippen LogP) is 6.19. The maximum atomic E-state index is 2.67. The van der Waals surface area contributed by atoms with Crippen molar-refractivity contribution in [1.29, 1.82) is 0 Å². The monoisotopic (exact) mass is 562 g/mol. The van der Waals surface area contributed by atoms with Gasteiger partial charge in [0.1, 0.15) is 16.1 Å². The van der Waals surface area contributed by atoms with E-state index >= 15 is 0 Å². The van der Waals surface area contributed by atoms with Gasteiger partial charge in [-0.15, -0.1) is 0 Å². The van der Waals surface area contributed by atoms with Gasteiger partial charge in [0.25, 0.3) is 0 Å². The van der Waals surface area contributed by atoms with Gasteiger partial charge in [0.2, 0.25) is 6.71 Å². The molecule has 0 atom stereocenters. The molecule has 4 aromatic rings. The highest BCUT2D eigenvalue weighted by Crippen LogP contribution is 2.64. The van der Waals surface area contributed by atoms with Crippen LogP contribution in [-0.2, 0) is 5.41 Å². The van der Waals surface area contributed by atoms with Gasteiger partial charge in [-0.2, -0.15) is 0 Å². The van der Waals surface area contributed by atoms with E-state index in [1.54, 1.807) is 48.3 Å². The van der Waals surface area contributed by atoms with Crippen molar-refractivity contribution in [2.24, 2.45) is 5.41 Å². The van der Waals surface area contributed by atoms with Crippen LogP contribution in [0.2, 0.25) is 26.2 Å². The van der Waals surface area contributed by atoms with E-state index in [1.165, 1.54) is 22.3 Å². The molecule has 2 heterocycles. The van der Waals surface area contributed by atoms with Crippen LogP contribution in [-0.4, -0.2) is 22.9 Å². The molecule has 0 amide bonds. The highest BCUT2D eigenvalue weighted by molar-refractivity contribution is 7.17. The molecule has 2 aliphatic heterocycles. The van der Waals surface area contributed by atoms with Gasteiger partial charge >= 0.3 is 0 Å². The number of fused-ring (bicyclic) bond motifs is 6. The highest BCUT2D eigenvalue weighted by Gasteiger charge is 2.61. The van der Waals surface area contributed by atoms with Crippen molar-refractivity contribution in [3.63, 3.8) is 0 Å². The van der Waals surface area contributed by atoms with Crippen LogP contribution in [0.3, 0.4) is 0 Å². The normalized spacial score (nSPS) is 21.2. The third-order valence-electron chi connectivity index (χ3n) is 11.3. The summed E-state index contributed by atoms with van der Waals surface area (Å²) in [5.74, 6) is 0. The van der Waals surface area contributed by atoms with Gasteiger partial charge in [-0.05, 0) is 33.4 Å². The number of hydrogen-bond acceptors (Lipinski definition) is 0. The first-order valence-electron chi connectivity index (χ1n) is 15.3. The van der Waals surface area contributed by atoms with Crippen molar-refractivity contribution in [2.45, 2.75) is 59.3 Å². The SMILES string of the molecule is CC1(C)C2=C(C3=C1[Si](C)(C)c1cc(-c4ccccc4)cc4c1B3c1ccccc1[Si]4(C)C)C(C)(C)c1ccccc12. The Balaban J connectivity index is 1.52. The van der Waals surface area contributed by atoms with E-state index in [2.05, 4.69) is 145 Å². The van der Waals surface area contributed by atoms with Gasteiger partial charge in [-0.25, -0.2) is 0 Å². The first-order chi connectivity index (χ1) is 19.4. The Kier molecular flexibility index (Phi) is 4.87. The Labute approximate surface area is 248 Å². The van der Waals surface area contributed by atoms with Crippen LogP contribution in [0.4, 0.5) is 0 Å². The summed E-state index contributed by atoms with van der Waals surface area (Å²) in [7, 11) is -4.01. The quantitative estimate of drug-likeness (QED) is 0.243. The zero-order valence-corrected chi connectivity index (χ0v) is 27.7. The third-order valence-corrected chi connectivity index (χ3v) is 18.8. The minimum atomic E-state index is -2.07. The predicted molar refractivity (Wildman–Crippen MR) is 184 cm³/mol. The minimum Gasteiger partial charge on any atom is -0.0705 e. The van der Waals surface area contributed by atoms with Gasteiger partial charge in [-0.1, -0.05) is 182 Å². The molecular formula is C38H39BSi2. The molecule has 8 rings (SSSR count). The topological polar surface area (TPSA) is 0 Å². The minimum absolute atomic E-state index is 0.00417. The molecule has 0 saturated heterocycles. The van der Waals surface area contributed by atoms with Crippen LogP contribution in [0, 0.1) is 5.41 Å². The molecule has 0 fully saturated rings. The molecule has 0 bridgehead atoms. The second-order valence-electron chi connectivity index (χ2n) is 15.0. The van der Waals surface area contributed by atoms with Gasteiger partial charge in [0.05, 0.1) is 0 Å². The molecule has 41 heavy (non-hydrogen) atoms. The summed E-state index contributed by atoms with van der Waals surface area (Å²) in [5.41, 5.74) is 14.0. The van der Waals surface area contributed by atoms with E-state index in [0.717, 1.165) is 0 Å².